The molecule has 0 aliphatic heterocycles. The van der Waals surface area contributed by atoms with Crippen LogP contribution in [0.2, 0.25) is 0 Å². The monoisotopic (exact) mass is 203 g/mol. The molecule has 15 heavy (non-hydrogen) atoms. The van der Waals surface area contributed by atoms with Gasteiger partial charge in [0, 0.05) is 6.42 Å². The zero-order valence-electron chi connectivity index (χ0n) is 8.82. The lowest BCUT2D eigenvalue weighted by Crippen LogP contribution is -2.13. The van der Waals surface area contributed by atoms with Gasteiger partial charge in [-0.2, -0.15) is 0 Å². The predicted octanol–water partition coefficient (Wildman–Crippen LogP) is 1.80. The molecular weight excluding hydrogens is 186 g/mol. The van der Waals surface area contributed by atoms with E-state index < -0.39 is 0 Å². The number of nitrogens with two attached hydrogens (primary N) is 2. The van der Waals surface area contributed by atoms with Crippen molar-refractivity contribution >= 4 is 5.84 Å². The third-order valence-corrected chi connectivity index (χ3v) is 2.03. The molecule has 0 saturated heterocycles. The van der Waals surface area contributed by atoms with Crippen molar-refractivity contribution in [2.24, 2.45) is 16.5 Å². The van der Waals surface area contributed by atoms with Gasteiger partial charge in [0.15, 0.2) is 0 Å². The van der Waals surface area contributed by atoms with Gasteiger partial charge in [0.2, 0.25) is 0 Å². The van der Waals surface area contributed by atoms with E-state index in [-0.39, 0.29) is 5.82 Å². The highest BCUT2D eigenvalue weighted by molar-refractivity contribution is 5.81. The number of hydrogen-bond donors (Lipinski definition) is 2. The average Bonchev–Trinajstić information content (AvgIpc) is 2.18. The Balaban J connectivity index is 2.31. The van der Waals surface area contributed by atoms with Crippen LogP contribution in [0.1, 0.15) is 18.4 Å². The summed E-state index contributed by atoms with van der Waals surface area (Å²) in [6.45, 7) is 3.47. The maximum absolute atomic E-state index is 5.65. The Labute approximate surface area is 90.5 Å². The van der Waals surface area contributed by atoms with Crippen LogP contribution >= 0.6 is 0 Å². The zero-order chi connectivity index (χ0) is 11.1. The zero-order valence-corrected chi connectivity index (χ0v) is 8.82. The van der Waals surface area contributed by atoms with E-state index >= 15 is 0 Å². The Bertz CT molecular complexity index is 341. The molecular formula is C12H17N3. The van der Waals surface area contributed by atoms with Crippen LogP contribution in [-0.4, -0.2) is 5.84 Å². The minimum atomic E-state index is 0.271. The second kappa shape index (κ2) is 5.86. The number of amidine groups is 1. The molecule has 0 fully saturated rings. The number of aliphatic imine (C=N–C) groups is 1. The van der Waals surface area contributed by atoms with Gasteiger partial charge in [-0.25, -0.2) is 4.99 Å². The molecule has 0 atom stereocenters. The van der Waals surface area contributed by atoms with Crippen molar-refractivity contribution < 1.29 is 0 Å². The van der Waals surface area contributed by atoms with E-state index in [4.69, 9.17) is 11.5 Å². The van der Waals surface area contributed by atoms with Crippen molar-refractivity contribution in [2.45, 2.75) is 19.3 Å². The predicted molar refractivity (Wildman–Crippen MR) is 64.3 cm³/mol. The summed E-state index contributed by atoms with van der Waals surface area (Å²) in [7, 11) is 0. The highest BCUT2D eigenvalue weighted by Crippen LogP contribution is 2.04. The smallest absolute Gasteiger partial charge is 0.118 e. The van der Waals surface area contributed by atoms with Gasteiger partial charge in [0.1, 0.15) is 11.7 Å². The molecule has 3 nitrogen and oxygen atoms in total. The fourth-order valence-corrected chi connectivity index (χ4v) is 1.36. The van der Waals surface area contributed by atoms with E-state index in [0.29, 0.717) is 5.84 Å². The van der Waals surface area contributed by atoms with Crippen LogP contribution in [0, 0.1) is 0 Å². The Hall–Kier alpha value is -1.77. The van der Waals surface area contributed by atoms with E-state index in [1.807, 2.05) is 18.2 Å². The molecule has 1 rings (SSSR count). The van der Waals surface area contributed by atoms with Crippen molar-refractivity contribution in [2.75, 3.05) is 0 Å². The normalized spacial score (nSPS) is 11.3. The van der Waals surface area contributed by atoms with Crippen LogP contribution in [0.3, 0.4) is 0 Å². The third kappa shape index (κ3) is 4.86. The second-order valence-electron chi connectivity index (χ2n) is 3.43. The molecule has 0 aliphatic rings. The van der Waals surface area contributed by atoms with Crippen LogP contribution in [0.25, 0.3) is 0 Å². The highest BCUT2D eigenvalue weighted by atomic mass is 14.9. The third-order valence-electron chi connectivity index (χ3n) is 2.03. The SMILES string of the molecule is C=C(N)N=C(N)CCCc1ccccc1. The Morgan fingerprint density at radius 2 is 1.87 bits per heavy atom. The van der Waals surface area contributed by atoms with Crippen molar-refractivity contribution in [3.8, 4) is 0 Å². The van der Waals surface area contributed by atoms with Gasteiger partial charge >= 0.3 is 0 Å². The van der Waals surface area contributed by atoms with Crippen molar-refractivity contribution in [3.05, 3.63) is 48.3 Å². The molecule has 1 aromatic carbocycles. The summed E-state index contributed by atoms with van der Waals surface area (Å²) in [5, 5.41) is 0. The maximum atomic E-state index is 5.65. The van der Waals surface area contributed by atoms with Gasteiger partial charge < -0.3 is 11.5 Å². The lowest BCUT2D eigenvalue weighted by molar-refractivity contribution is 0.859. The quantitative estimate of drug-likeness (QED) is 0.566. The van der Waals surface area contributed by atoms with Gasteiger partial charge in [0.25, 0.3) is 0 Å². The molecule has 0 amide bonds. The van der Waals surface area contributed by atoms with Crippen LogP contribution in [0.5, 0.6) is 0 Å². The van der Waals surface area contributed by atoms with Crippen LogP contribution in [-0.2, 0) is 6.42 Å². The fraction of sp³-hybridized carbons (Fsp3) is 0.250. The summed E-state index contributed by atoms with van der Waals surface area (Å²) in [6, 6.07) is 10.3. The molecule has 3 heteroatoms. The highest BCUT2D eigenvalue weighted by Gasteiger charge is 1.95. The van der Waals surface area contributed by atoms with Gasteiger partial charge in [-0.05, 0) is 18.4 Å². The summed E-state index contributed by atoms with van der Waals surface area (Å²) >= 11 is 0. The molecule has 0 heterocycles. The van der Waals surface area contributed by atoms with E-state index in [2.05, 4.69) is 23.7 Å². The first-order chi connectivity index (χ1) is 7.18. The van der Waals surface area contributed by atoms with Crippen LogP contribution in [0.4, 0.5) is 0 Å². The van der Waals surface area contributed by atoms with Crippen molar-refractivity contribution in [3.63, 3.8) is 0 Å². The minimum absolute atomic E-state index is 0.271. The number of benzene rings is 1. The molecule has 0 aliphatic carbocycles. The molecule has 0 bridgehead atoms. The first-order valence-electron chi connectivity index (χ1n) is 5.00. The molecule has 4 N–H and O–H groups in total. The van der Waals surface area contributed by atoms with Crippen molar-refractivity contribution in [1.82, 2.24) is 0 Å². The van der Waals surface area contributed by atoms with Gasteiger partial charge in [-0.15, -0.1) is 0 Å². The summed E-state index contributed by atoms with van der Waals surface area (Å²) < 4.78 is 0. The molecule has 0 unspecified atom stereocenters. The summed E-state index contributed by atoms with van der Waals surface area (Å²) in [4.78, 5) is 3.89. The average molecular weight is 203 g/mol. The maximum Gasteiger partial charge on any atom is 0.118 e. The molecule has 0 saturated carbocycles. The van der Waals surface area contributed by atoms with Gasteiger partial charge in [-0.1, -0.05) is 36.9 Å². The van der Waals surface area contributed by atoms with Gasteiger partial charge in [-0.3, -0.25) is 0 Å². The molecule has 0 radical (unpaired) electrons. The number of rotatable bonds is 5. The van der Waals surface area contributed by atoms with Crippen LogP contribution in [0.15, 0.2) is 47.7 Å². The van der Waals surface area contributed by atoms with E-state index in [1.165, 1.54) is 5.56 Å². The topological polar surface area (TPSA) is 64.4 Å². The molecule has 80 valence electrons. The Kier molecular flexibility index (Phi) is 4.41. The summed E-state index contributed by atoms with van der Waals surface area (Å²) in [6.07, 6.45) is 2.74. The molecule has 1 aromatic rings. The standard InChI is InChI=1S/C12H17N3/c1-10(13)15-12(14)9-5-8-11-6-3-2-4-7-11/h2-4,6-7H,1,5,8-9,13H2,(H2,14,15). The van der Waals surface area contributed by atoms with E-state index in [0.717, 1.165) is 19.3 Å². The Morgan fingerprint density at radius 3 is 2.47 bits per heavy atom. The summed E-state index contributed by atoms with van der Waals surface area (Å²) in [5.41, 5.74) is 12.3. The molecule has 0 aromatic heterocycles. The number of hydrogen-bond acceptors (Lipinski definition) is 2. The summed E-state index contributed by atoms with van der Waals surface area (Å²) in [5.74, 6) is 0.825. The fourth-order valence-electron chi connectivity index (χ4n) is 1.36. The minimum Gasteiger partial charge on any atom is -0.387 e. The number of nitrogens with zero attached hydrogens (tertiary/aromatic N) is 1. The van der Waals surface area contributed by atoms with E-state index in [9.17, 15) is 0 Å². The number of aryl methyl sites for hydroxylation is 1. The second-order valence-corrected chi connectivity index (χ2v) is 3.43. The lowest BCUT2D eigenvalue weighted by Gasteiger charge is -2.01. The van der Waals surface area contributed by atoms with E-state index in [1.54, 1.807) is 0 Å². The first kappa shape index (κ1) is 11.3. The largest absolute Gasteiger partial charge is 0.387 e. The van der Waals surface area contributed by atoms with Crippen LogP contribution < -0.4 is 11.5 Å². The van der Waals surface area contributed by atoms with Crippen molar-refractivity contribution in [1.29, 1.82) is 0 Å². The van der Waals surface area contributed by atoms with Gasteiger partial charge in [0.05, 0.1) is 0 Å². The molecule has 0 spiro atoms. The Morgan fingerprint density at radius 1 is 1.20 bits per heavy atom. The lowest BCUT2D eigenvalue weighted by atomic mass is 10.1. The first-order valence-corrected chi connectivity index (χ1v) is 5.00.